The second kappa shape index (κ2) is 4.94. The topological polar surface area (TPSA) is 69.4 Å². The molecule has 16 heavy (non-hydrogen) atoms. The third-order valence-corrected chi connectivity index (χ3v) is 2.56. The molecule has 0 N–H and O–H groups in total. The minimum Gasteiger partial charge on any atom is -0.469 e. The van der Waals surface area contributed by atoms with Gasteiger partial charge in [0, 0.05) is 6.07 Å². The van der Waals surface area contributed by atoms with E-state index in [0.29, 0.717) is 11.1 Å². The van der Waals surface area contributed by atoms with Crippen molar-refractivity contribution in [3.8, 4) is 0 Å². The van der Waals surface area contributed by atoms with E-state index in [9.17, 15) is 14.9 Å². The second-order valence-corrected chi connectivity index (χ2v) is 3.63. The SMILES string of the molecule is COC(=O)Cc1cc(C)c(Cl)c([N+](=O)[O-])c1. The first-order valence-corrected chi connectivity index (χ1v) is 4.83. The summed E-state index contributed by atoms with van der Waals surface area (Å²) in [6, 6.07) is 2.92. The highest BCUT2D eigenvalue weighted by molar-refractivity contribution is 6.33. The lowest BCUT2D eigenvalue weighted by Crippen LogP contribution is -2.05. The number of hydrogen-bond acceptors (Lipinski definition) is 4. The normalized spacial score (nSPS) is 9.94. The summed E-state index contributed by atoms with van der Waals surface area (Å²) in [6.07, 6.45) is -0.00461. The van der Waals surface area contributed by atoms with Crippen LogP contribution in [0.25, 0.3) is 0 Å². The van der Waals surface area contributed by atoms with Crippen LogP contribution in [-0.2, 0) is 16.0 Å². The van der Waals surface area contributed by atoms with Gasteiger partial charge in [0.1, 0.15) is 5.02 Å². The standard InChI is InChI=1S/C10H10ClNO4/c1-6-3-7(5-9(13)16-2)4-8(10(6)11)12(14)15/h3-4H,5H2,1-2H3. The molecule has 0 radical (unpaired) electrons. The van der Waals surface area contributed by atoms with E-state index in [2.05, 4.69) is 4.74 Å². The van der Waals surface area contributed by atoms with Gasteiger partial charge < -0.3 is 4.74 Å². The van der Waals surface area contributed by atoms with Crippen molar-refractivity contribution >= 4 is 23.3 Å². The fourth-order valence-corrected chi connectivity index (χ4v) is 1.48. The number of rotatable bonds is 3. The Morgan fingerprint density at radius 3 is 2.69 bits per heavy atom. The molecule has 0 fully saturated rings. The largest absolute Gasteiger partial charge is 0.469 e. The molecule has 0 atom stereocenters. The van der Waals surface area contributed by atoms with Gasteiger partial charge >= 0.3 is 5.97 Å². The number of aryl methyl sites for hydroxylation is 1. The molecule has 0 saturated carbocycles. The number of nitrogens with zero attached hydrogens (tertiary/aromatic N) is 1. The molecular formula is C10H10ClNO4. The van der Waals surface area contributed by atoms with E-state index in [1.54, 1.807) is 13.0 Å². The first-order chi connectivity index (χ1) is 7.45. The van der Waals surface area contributed by atoms with Gasteiger partial charge in [-0.05, 0) is 18.1 Å². The predicted octanol–water partition coefficient (Wildman–Crippen LogP) is 2.27. The van der Waals surface area contributed by atoms with Gasteiger partial charge in [0.2, 0.25) is 0 Å². The molecule has 1 aromatic carbocycles. The van der Waals surface area contributed by atoms with E-state index in [1.807, 2.05) is 0 Å². The van der Waals surface area contributed by atoms with Gasteiger partial charge in [-0.15, -0.1) is 0 Å². The van der Waals surface area contributed by atoms with Gasteiger partial charge in [-0.1, -0.05) is 17.7 Å². The molecule has 0 spiro atoms. The van der Waals surface area contributed by atoms with E-state index in [0.717, 1.165) is 0 Å². The number of hydrogen-bond donors (Lipinski definition) is 0. The Morgan fingerprint density at radius 2 is 2.19 bits per heavy atom. The summed E-state index contributed by atoms with van der Waals surface area (Å²) in [5.74, 6) is -0.448. The first kappa shape index (κ1) is 12.4. The summed E-state index contributed by atoms with van der Waals surface area (Å²) in [4.78, 5) is 21.1. The maximum Gasteiger partial charge on any atom is 0.309 e. The minimum atomic E-state index is -0.573. The van der Waals surface area contributed by atoms with Crippen LogP contribution in [0.3, 0.4) is 0 Å². The summed E-state index contributed by atoms with van der Waals surface area (Å²) in [7, 11) is 1.26. The second-order valence-electron chi connectivity index (χ2n) is 3.26. The van der Waals surface area contributed by atoms with Crippen LogP contribution in [-0.4, -0.2) is 18.0 Å². The van der Waals surface area contributed by atoms with E-state index >= 15 is 0 Å². The van der Waals surface area contributed by atoms with Crippen LogP contribution in [0.1, 0.15) is 11.1 Å². The summed E-state index contributed by atoms with van der Waals surface area (Å²) in [5.41, 5.74) is 0.885. The van der Waals surface area contributed by atoms with Crippen molar-refractivity contribution in [1.82, 2.24) is 0 Å². The molecule has 0 amide bonds. The Bertz CT molecular complexity index is 445. The lowest BCUT2D eigenvalue weighted by molar-refractivity contribution is -0.384. The van der Waals surface area contributed by atoms with Crippen LogP contribution >= 0.6 is 11.6 Å². The average Bonchev–Trinajstić information content (AvgIpc) is 2.22. The highest BCUT2D eigenvalue weighted by Gasteiger charge is 2.17. The lowest BCUT2D eigenvalue weighted by Gasteiger charge is -2.04. The fourth-order valence-electron chi connectivity index (χ4n) is 1.30. The number of nitro benzene ring substituents is 1. The minimum absolute atomic E-state index is 0.00461. The molecule has 86 valence electrons. The van der Waals surface area contributed by atoms with E-state index in [4.69, 9.17) is 11.6 Å². The highest BCUT2D eigenvalue weighted by atomic mass is 35.5. The van der Waals surface area contributed by atoms with Crippen LogP contribution in [0.2, 0.25) is 5.02 Å². The molecule has 6 heteroatoms. The van der Waals surface area contributed by atoms with Gasteiger partial charge in [0.25, 0.3) is 5.69 Å². The molecule has 0 saturated heterocycles. The maximum absolute atomic E-state index is 11.0. The number of halogens is 1. The quantitative estimate of drug-likeness (QED) is 0.464. The Hall–Kier alpha value is -1.62. The number of carbonyl (C=O) groups is 1. The van der Waals surface area contributed by atoms with E-state index in [1.165, 1.54) is 13.2 Å². The molecule has 0 heterocycles. The van der Waals surface area contributed by atoms with Crippen molar-refractivity contribution in [1.29, 1.82) is 0 Å². The van der Waals surface area contributed by atoms with Crippen molar-refractivity contribution in [2.24, 2.45) is 0 Å². The van der Waals surface area contributed by atoms with Crippen LogP contribution < -0.4 is 0 Å². The van der Waals surface area contributed by atoms with Crippen molar-refractivity contribution in [3.05, 3.63) is 38.4 Å². The predicted molar refractivity (Wildman–Crippen MR) is 58.6 cm³/mol. The lowest BCUT2D eigenvalue weighted by atomic mass is 10.1. The maximum atomic E-state index is 11.0. The number of ether oxygens (including phenoxy) is 1. The molecule has 1 rings (SSSR count). The Balaban J connectivity index is 3.14. The molecule has 0 aliphatic heterocycles. The average molecular weight is 244 g/mol. The smallest absolute Gasteiger partial charge is 0.309 e. The van der Waals surface area contributed by atoms with Gasteiger partial charge in [-0.2, -0.15) is 0 Å². The van der Waals surface area contributed by atoms with E-state index in [-0.39, 0.29) is 17.1 Å². The molecular weight excluding hydrogens is 234 g/mol. The Labute approximate surface area is 97.1 Å². The van der Waals surface area contributed by atoms with Gasteiger partial charge in [0.15, 0.2) is 0 Å². The fraction of sp³-hybridized carbons (Fsp3) is 0.300. The molecule has 0 unspecified atom stereocenters. The number of benzene rings is 1. The summed E-state index contributed by atoms with van der Waals surface area (Å²) >= 11 is 5.77. The van der Waals surface area contributed by atoms with E-state index < -0.39 is 10.9 Å². The zero-order valence-corrected chi connectivity index (χ0v) is 9.58. The Kier molecular flexibility index (Phi) is 3.84. The number of carbonyl (C=O) groups excluding carboxylic acids is 1. The summed E-state index contributed by atoms with van der Waals surface area (Å²) in [6.45, 7) is 1.65. The summed E-state index contributed by atoms with van der Waals surface area (Å²) in [5, 5.41) is 10.8. The zero-order valence-electron chi connectivity index (χ0n) is 8.82. The number of esters is 1. The first-order valence-electron chi connectivity index (χ1n) is 4.46. The van der Waals surface area contributed by atoms with Crippen LogP contribution in [0, 0.1) is 17.0 Å². The number of methoxy groups -OCH3 is 1. The molecule has 0 aliphatic rings. The molecule has 5 nitrogen and oxygen atoms in total. The summed E-state index contributed by atoms with van der Waals surface area (Å²) < 4.78 is 4.48. The molecule has 1 aromatic rings. The van der Waals surface area contributed by atoms with Gasteiger partial charge in [-0.3, -0.25) is 14.9 Å². The molecule has 0 aromatic heterocycles. The third-order valence-electron chi connectivity index (χ3n) is 2.07. The molecule has 0 bridgehead atoms. The number of nitro groups is 1. The highest BCUT2D eigenvalue weighted by Crippen LogP contribution is 2.29. The van der Waals surface area contributed by atoms with Crippen molar-refractivity contribution in [2.75, 3.05) is 7.11 Å². The van der Waals surface area contributed by atoms with Gasteiger partial charge in [-0.25, -0.2) is 0 Å². The van der Waals surface area contributed by atoms with Crippen LogP contribution in [0.4, 0.5) is 5.69 Å². The Morgan fingerprint density at radius 1 is 1.56 bits per heavy atom. The monoisotopic (exact) mass is 243 g/mol. The van der Waals surface area contributed by atoms with Crippen LogP contribution in [0.5, 0.6) is 0 Å². The van der Waals surface area contributed by atoms with Gasteiger partial charge in [0.05, 0.1) is 18.5 Å². The van der Waals surface area contributed by atoms with Crippen LogP contribution in [0.15, 0.2) is 12.1 Å². The molecule has 0 aliphatic carbocycles. The zero-order chi connectivity index (χ0) is 12.3. The van der Waals surface area contributed by atoms with Crippen molar-refractivity contribution in [2.45, 2.75) is 13.3 Å². The van der Waals surface area contributed by atoms with Crippen molar-refractivity contribution < 1.29 is 14.5 Å². The third kappa shape index (κ3) is 2.70. The van der Waals surface area contributed by atoms with Crippen molar-refractivity contribution in [3.63, 3.8) is 0 Å².